The second-order valence-corrected chi connectivity index (χ2v) is 6.79. The van der Waals surface area contributed by atoms with Gasteiger partial charge in [0.15, 0.2) is 0 Å². The summed E-state index contributed by atoms with van der Waals surface area (Å²) in [7, 11) is 0. The van der Waals surface area contributed by atoms with E-state index in [0.29, 0.717) is 6.42 Å². The number of rotatable bonds is 6. The molecule has 0 radical (unpaired) electrons. The minimum absolute atomic E-state index is 0.0309. The zero-order valence-electron chi connectivity index (χ0n) is 14.0. The molecule has 0 fully saturated rings. The first-order valence-electron chi connectivity index (χ1n) is 7.98. The molecule has 1 aromatic heterocycles. The number of amides is 2. The molecule has 0 saturated heterocycles. The topological polar surface area (TPSA) is 74.0 Å². The molecule has 0 aliphatic rings. The van der Waals surface area contributed by atoms with Crippen LogP contribution in [0.1, 0.15) is 39.2 Å². The summed E-state index contributed by atoms with van der Waals surface area (Å²) in [6.07, 6.45) is 4.02. The Labute approximate surface area is 136 Å². The summed E-state index contributed by atoms with van der Waals surface area (Å²) in [6.45, 7) is 5.76. The minimum Gasteiger partial charge on any atom is -0.361 e. The van der Waals surface area contributed by atoms with Crippen molar-refractivity contribution in [3.8, 4) is 0 Å². The largest absolute Gasteiger partial charge is 0.361 e. The molecule has 3 N–H and O–H groups in total. The molecular formula is C18H25N3O2. The van der Waals surface area contributed by atoms with E-state index in [1.165, 1.54) is 10.9 Å². The lowest BCUT2D eigenvalue weighted by Gasteiger charge is -2.20. The molecule has 0 aliphatic heterocycles. The van der Waals surface area contributed by atoms with Gasteiger partial charge in [-0.3, -0.25) is 9.59 Å². The number of para-hydroxylation sites is 1. The number of H-pyrrole nitrogens is 1. The van der Waals surface area contributed by atoms with Gasteiger partial charge >= 0.3 is 0 Å². The number of carbonyl (C=O) groups excluding carboxylic acids is 2. The van der Waals surface area contributed by atoms with Crippen LogP contribution in [0.5, 0.6) is 0 Å². The molecule has 0 atom stereocenters. The molecule has 0 bridgehead atoms. The van der Waals surface area contributed by atoms with Crippen molar-refractivity contribution < 1.29 is 9.59 Å². The maximum Gasteiger partial charge on any atom is 0.239 e. The van der Waals surface area contributed by atoms with E-state index in [9.17, 15) is 9.59 Å². The van der Waals surface area contributed by atoms with Gasteiger partial charge < -0.3 is 15.6 Å². The standard InChI is InChI=1S/C18H25N3O2/c1-18(2,3)21-17(23)12-20-16(22)10-6-7-13-11-19-15-9-5-4-8-14(13)15/h4-5,8-9,11,19H,6-7,10,12H2,1-3H3,(H,20,22)(H,21,23). The van der Waals surface area contributed by atoms with Gasteiger partial charge in [0.1, 0.15) is 0 Å². The van der Waals surface area contributed by atoms with Crippen molar-refractivity contribution >= 4 is 22.7 Å². The Kier molecular flexibility index (Phi) is 5.42. The Morgan fingerprint density at radius 2 is 1.87 bits per heavy atom. The van der Waals surface area contributed by atoms with E-state index in [2.05, 4.69) is 21.7 Å². The molecule has 124 valence electrons. The van der Waals surface area contributed by atoms with Crippen LogP contribution in [-0.4, -0.2) is 28.9 Å². The van der Waals surface area contributed by atoms with Gasteiger partial charge in [0, 0.05) is 29.1 Å². The normalized spacial score (nSPS) is 11.4. The van der Waals surface area contributed by atoms with Crippen LogP contribution in [0.15, 0.2) is 30.5 Å². The average molecular weight is 315 g/mol. The lowest BCUT2D eigenvalue weighted by atomic mass is 10.1. The van der Waals surface area contributed by atoms with E-state index in [1.54, 1.807) is 0 Å². The van der Waals surface area contributed by atoms with Gasteiger partial charge in [-0.15, -0.1) is 0 Å². The molecular weight excluding hydrogens is 290 g/mol. The molecule has 0 aliphatic carbocycles. The Hall–Kier alpha value is -2.30. The molecule has 0 spiro atoms. The first-order valence-corrected chi connectivity index (χ1v) is 7.98. The number of benzene rings is 1. The second-order valence-electron chi connectivity index (χ2n) is 6.79. The van der Waals surface area contributed by atoms with Gasteiger partial charge in [0.2, 0.25) is 11.8 Å². The molecule has 5 heteroatoms. The Balaban J connectivity index is 1.72. The zero-order chi connectivity index (χ0) is 16.9. The summed E-state index contributed by atoms with van der Waals surface area (Å²) in [5, 5.41) is 6.68. The Morgan fingerprint density at radius 3 is 2.61 bits per heavy atom. The molecule has 0 unspecified atom stereocenters. The third-order valence-corrected chi connectivity index (χ3v) is 3.49. The summed E-state index contributed by atoms with van der Waals surface area (Å²) < 4.78 is 0. The zero-order valence-corrected chi connectivity index (χ0v) is 14.0. The number of hydrogen-bond acceptors (Lipinski definition) is 2. The van der Waals surface area contributed by atoms with E-state index >= 15 is 0 Å². The minimum atomic E-state index is -0.281. The van der Waals surface area contributed by atoms with Gasteiger partial charge in [-0.1, -0.05) is 18.2 Å². The summed E-state index contributed by atoms with van der Waals surface area (Å²) in [5.74, 6) is -0.253. The number of aromatic nitrogens is 1. The van der Waals surface area contributed by atoms with E-state index in [1.807, 2.05) is 45.2 Å². The van der Waals surface area contributed by atoms with Crippen LogP contribution < -0.4 is 10.6 Å². The molecule has 5 nitrogen and oxygen atoms in total. The molecule has 2 rings (SSSR count). The third-order valence-electron chi connectivity index (χ3n) is 3.49. The second kappa shape index (κ2) is 7.31. The molecule has 2 amide bonds. The SMILES string of the molecule is CC(C)(C)NC(=O)CNC(=O)CCCc1c[nH]c2ccccc12. The molecule has 1 aromatic carbocycles. The third kappa shape index (κ3) is 5.43. The van der Waals surface area contributed by atoms with Crippen LogP contribution in [0.25, 0.3) is 10.9 Å². The van der Waals surface area contributed by atoms with Crippen LogP contribution in [0.4, 0.5) is 0 Å². The number of nitrogens with one attached hydrogen (secondary N) is 3. The number of aromatic amines is 1. The van der Waals surface area contributed by atoms with E-state index in [0.717, 1.165) is 18.4 Å². The molecule has 1 heterocycles. The van der Waals surface area contributed by atoms with Gasteiger partial charge in [-0.05, 0) is 45.2 Å². The van der Waals surface area contributed by atoms with Crippen LogP contribution in [0.3, 0.4) is 0 Å². The van der Waals surface area contributed by atoms with Crippen molar-refractivity contribution in [3.63, 3.8) is 0 Å². The van der Waals surface area contributed by atoms with Gasteiger partial charge in [0.25, 0.3) is 0 Å². The first kappa shape index (κ1) is 17.1. The fraction of sp³-hybridized carbons (Fsp3) is 0.444. The molecule has 23 heavy (non-hydrogen) atoms. The van der Waals surface area contributed by atoms with Gasteiger partial charge in [-0.25, -0.2) is 0 Å². The highest BCUT2D eigenvalue weighted by molar-refractivity contribution is 5.85. The smallest absolute Gasteiger partial charge is 0.239 e. The lowest BCUT2D eigenvalue weighted by Crippen LogP contribution is -2.45. The first-order chi connectivity index (χ1) is 10.8. The summed E-state index contributed by atoms with van der Waals surface area (Å²) in [4.78, 5) is 26.7. The van der Waals surface area contributed by atoms with Crippen molar-refractivity contribution in [1.82, 2.24) is 15.6 Å². The quantitative estimate of drug-likeness (QED) is 0.766. The average Bonchev–Trinajstić information content (AvgIpc) is 2.87. The Morgan fingerprint density at radius 1 is 1.13 bits per heavy atom. The number of aryl methyl sites for hydroxylation is 1. The predicted molar refractivity (Wildman–Crippen MR) is 92.1 cm³/mol. The lowest BCUT2D eigenvalue weighted by molar-refractivity contribution is -0.126. The Bertz CT molecular complexity index is 683. The summed E-state index contributed by atoms with van der Waals surface area (Å²) in [6, 6.07) is 8.14. The van der Waals surface area contributed by atoms with Crippen molar-refractivity contribution in [2.45, 2.75) is 45.6 Å². The molecule has 2 aromatic rings. The molecule has 0 saturated carbocycles. The van der Waals surface area contributed by atoms with Crippen molar-refractivity contribution in [1.29, 1.82) is 0 Å². The van der Waals surface area contributed by atoms with E-state index < -0.39 is 0 Å². The maximum absolute atomic E-state index is 11.8. The van der Waals surface area contributed by atoms with E-state index in [-0.39, 0.29) is 23.9 Å². The van der Waals surface area contributed by atoms with Crippen molar-refractivity contribution in [3.05, 3.63) is 36.0 Å². The van der Waals surface area contributed by atoms with Crippen LogP contribution in [0.2, 0.25) is 0 Å². The maximum atomic E-state index is 11.8. The van der Waals surface area contributed by atoms with Crippen LogP contribution >= 0.6 is 0 Å². The summed E-state index contributed by atoms with van der Waals surface area (Å²) in [5.41, 5.74) is 2.06. The van der Waals surface area contributed by atoms with Gasteiger partial charge in [-0.2, -0.15) is 0 Å². The highest BCUT2D eigenvalue weighted by atomic mass is 16.2. The monoisotopic (exact) mass is 315 g/mol. The number of carbonyl (C=O) groups is 2. The fourth-order valence-corrected chi connectivity index (χ4v) is 2.51. The predicted octanol–water partition coefficient (Wildman–Crippen LogP) is 2.52. The van der Waals surface area contributed by atoms with Crippen LogP contribution in [0, 0.1) is 0 Å². The van der Waals surface area contributed by atoms with Crippen molar-refractivity contribution in [2.24, 2.45) is 0 Å². The highest BCUT2D eigenvalue weighted by Gasteiger charge is 2.14. The number of fused-ring (bicyclic) bond motifs is 1. The number of hydrogen-bond donors (Lipinski definition) is 3. The summed E-state index contributed by atoms with van der Waals surface area (Å²) >= 11 is 0. The highest BCUT2D eigenvalue weighted by Crippen LogP contribution is 2.19. The van der Waals surface area contributed by atoms with Crippen molar-refractivity contribution in [2.75, 3.05) is 6.54 Å². The van der Waals surface area contributed by atoms with Crippen LogP contribution in [-0.2, 0) is 16.0 Å². The van der Waals surface area contributed by atoms with Gasteiger partial charge in [0.05, 0.1) is 6.54 Å². The van der Waals surface area contributed by atoms with E-state index in [4.69, 9.17) is 0 Å². The fourth-order valence-electron chi connectivity index (χ4n) is 2.51.